The van der Waals surface area contributed by atoms with Gasteiger partial charge in [0.1, 0.15) is 5.71 Å². The second-order valence-electron chi connectivity index (χ2n) is 5.92. The fraction of sp³-hybridized carbons (Fsp3) is 0.438. The number of hydrazone groups is 1. The van der Waals surface area contributed by atoms with Crippen LogP contribution in [0.3, 0.4) is 0 Å². The van der Waals surface area contributed by atoms with Crippen molar-refractivity contribution in [3.05, 3.63) is 23.3 Å². The van der Waals surface area contributed by atoms with Gasteiger partial charge in [-0.1, -0.05) is 0 Å². The summed E-state index contributed by atoms with van der Waals surface area (Å²) in [7, 11) is 0. The minimum atomic E-state index is -0.147. The number of amides is 2. The Morgan fingerprint density at radius 3 is 2.78 bits per heavy atom. The van der Waals surface area contributed by atoms with Crippen molar-refractivity contribution >= 4 is 17.5 Å². The average Bonchev–Trinajstić information content (AvgIpc) is 3.01. The first-order chi connectivity index (χ1) is 11.1. The molecule has 0 aromatic heterocycles. The van der Waals surface area contributed by atoms with Crippen molar-refractivity contribution in [2.24, 2.45) is 5.10 Å². The van der Waals surface area contributed by atoms with Crippen LogP contribution in [0.5, 0.6) is 11.5 Å². The molecule has 7 heteroatoms. The largest absolute Gasteiger partial charge is 0.454 e. The predicted octanol–water partition coefficient (Wildman–Crippen LogP) is 1.13. The molecule has 3 aliphatic rings. The van der Waals surface area contributed by atoms with Gasteiger partial charge in [-0.2, -0.15) is 5.10 Å². The van der Waals surface area contributed by atoms with E-state index in [4.69, 9.17) is 9.47 Å². The summed E-state index contributed by atoms with van der Waals surface area (Å²) in [6, 6.07) is 3.90. The molecule has 0 saturated carbocycles. The number of ether oxygens (including phenoxy) is 2. The van der Waals surface area contributed by atoms with Gasteiger partial charge in [0.05, 0.1) is 6.04 Å². The number of carbonyl (C=O) groups is 2. The second-order valence-corrected chi connectivity index (χ2v) is 5.92. The quantitative estimate of drug-likeness (QED) is 0.842. The summed E-state index contributed by atoms with van der Waals surface area (Å²) in [5.74, 6) is 1.24. The molecule has 7 nitrogen and oxygen atoms in total. The number of benzene rings is 1. The summed E-state index contributed by atoms with van der Waals surface area (Å²) in [4.78, 5) is 25.7. The van der Waals surface area contributed by atoms with Crippen LogP contribution in [0.2, 0.25) is 0 Å². The third kappa shape index (κ3) is 2.32. The Morgan fingerprint density at radius 2 is 2.04 bits per heavy atom. The first kappa shape index (κ1) is 14.0. The monoisotopic (exact) mass is 315 g/mol. The molecule has 1 atom stereocenters. The summed E-state index contributed by atoms with van der Waals surface area (Å²) < 4.78 is 10.9. The number of nitrogens with one attached hydrogen (secondary N) is 1. The number of nitrogens with zero attached hydrogens (tertiary/aromatic N) is 2. The van der Waals surface area contributed by atoms with E-state index in [9.17, 15) is 9.59 Å². The molecule has 1 aromatic rings. The number of hydrogen-bond acceptors (Lipinski definition) is 5. The van der Waals surface area contributed by atoms with Crippen LogP contribution in [0.25, 0.3) is 0 Å². The summed E-state index contributed by atoms with van der Waals surface area (Å²) in [6.07, 6.45) is 1.46. The van der Waals surface area contributed by atoms with E-state index < -0.39 is 0 Å². The molecule has 0 aliphatic carbocycles. The summed E-state index contributed by atoms with van der Waals surface area (Å²) in [5, 5.41) is 3.92. The van der Waals surface area contributed by atoms with Gasteiger partial charge in [-0.05, 0) is 36.6 Å². The first-order valence-electron chi connectivity index (χ1n) is 7.72. The average molecular weight is 315 g/mol. The maximum Gasteiger partial charge on any atom is 0.270 e. The lowest BCUT2D eigenvalue weighted by atomic mass is 9.92. The molecule has 1 aromatic carbocycles. The maximum absolute atomic E-state index is 12.7. The predicted molar refractivity (Wildman–Crippen MR) is 81.2 cm³/mol. The smallest absolute Gasteiger partial charge is 0.270 e. The molecule has 120 valence electrons. The lowest BCUT2D eigenvalue weighted by Gasteiger charge is -2.35. The molecule has 0 spiro atoms. The van der Waals surface area contributed by atoms with Gasteiger partial charge in [-0.15, -0.1) is 0 Å². The van der Waals surface area contributed by atoms with E-state index in [2.05, 4.69) is 10.5 Å². The molecule has 3 aliphatic heterocycles. The van der Waals surface area contributed by atoms with Crippen LogP contribution in [0.4, 0.5) is 0 Å². The van der Waals surface area contributed by atoms with Crippen LogP contribution in [-0.4, -0.2) is 35.8 Å². The Kier molecular flexibility index (Phi) is 3.21. The van der Waals surface area contributed by atoms with Crippen molar-refractivity contribution < 1.29 is 19.1 Å². The van der Waals surface area contributed by atoms with E-state index in [0.717, 1.165) is 23.5 Å². The van der Waals surface area contributed by atoms with Gasteiger partial charge in [0.25, 0.3) is 5.91 Å². The normalized spacial score (nSPS) is 22.3. The highest BCUT2D eigenvalue weighted by atomic mass is 16.7. The molecule has 0 radical (unpaired) electrons. The van der Waals surface area contributed by atoms with Crippen molar-refractivity contribution in [3.8, 4) is 11.5 Å². The molecule has 0 fully saturated rings. The van der Waals surface area contributed by atoms with Gasteiger partial charge in [0, 0.05) is 19.4 Å². The van der Waals surface area contributed by atoms with Crippen molar-refractivity contribution in [3.63, 3.8) is 0 Å². The molecule has 0 saturated heterocycles. The SMILES string of the molecule is CC1c2cc3c(cc2CCN1C(=O)C1=NNC(=O)CC1)OCO3. The number of carbonyl (C=O) groups excluding carboxylic acids is 2. The van der Waals surface area contributed by atoms with Crippen LogP contribution in [0, 0.1) is 0 Å². The minimum Gasteiger partial charge on any atom is -0.454 e. The fourth-order valence-corrected chi connectivity index (χ4v) is 3.28. The number of fused-ring (bicyclic) bond motifs is 2. The third-order valence-corrected chi connectivity index (χ3v) is 4.59. The summed E-state index contributed by atoms with van der Waals surface area (Å²) >= 11 is 0. The van der Waals surface area contributed by atoms with E-state index in [1.807, 2.05) is 19.1 Å². The Labute approximate surface area is 133 Å². The van der Waals surface area contributed by atoms with E-state index in [1.165, 1.54) is 5.56 Å². The van der Waals surface area contributed by atoms with Crippen molar-refractivity contribution in [2.75, 3.05) is 13.3 Å². The van der Waals surface area contributed by atoms with Gasteiger partial charge in [0.15, 0.2) is 11.5 Å². The van der Waals surface area contributed by atoms with Crippen LogP contribution in [-0.2, 0) is 16.0 Å². The van der Waals surface area contributed by atoms with Crippen molar-refractivity contribution in [1.29, 1.82) is 0 Å². The fourth-order valence-electron chi connectivity index (χ4n) is 3.28. The maximum atomic E-state index is 12.7. The van der Waals surface area contributed by atoms with Gasteiger partial charge in [-0.25, -0.2) is 5.43 Å². The van der Waals surface area contributed by atoms with Gasteiger partial charge in [-0.3, -0.25) is 9.59 Å². The summed E-state index contributed by atoms with van der Waals surface area (Å²) in [5.41, 5.74) is 5.07. The van der Waals surface area contributed by atoms with Crippen molar-refractivity contribution in [2.45, 2.75) is 32.2 Å². The van der Waals surface area contributed by atoms with E-state index in [-0.39, 0.29) is 24.6 Å². The molecule has 3 heterocycles. The lowest BCUT2D eigenvalue weighted by Crippen LogP contribution is -2.44. The molecular formula is C16H17N3O4. The van der Waals surface area contributed by atoms with Crippen LogP contribution >= 0.6 is 0 Å². The standard InChI is InChI=1S/C16H17N3O4/c1-9-11-7-14-13(22-8-23-14)6-10(11)4-5-19(9)16(21)12-2-3-15(20)18-17-12/h6-7,9H,2-5,8H2,1H3,(H,18,20). The zero-order chi connectivity index (χ0) is 16.0. The first-order valence-corrected chi connectivity index (χ1v) is 7.72. The molecule has 1 N–H and O–H groups in total. The zero-order valence-electron chi connectivity index (χ0n) is 12.8. The topological polar surface area (TPSA) is 80.2 Å². The molecular weight excluding hydrogens is 298 g/mol. The highest BCUT2D eigenvalue weighted by Crippen LogP contribution is 2.40. The Morgan fingerprint density at radius 1 is 1.26 bits per heavy atom. The van der Waals surface area contributed by atoms with Gasteiger partial charge in [0.2, 0.25) is 12.7 Å². The number of rotatable bonds is 1. The lowest BCUT2D eigenvalue weighted by molar-refractivity contribution is -0.126. The van der Waals surface area contributed by atoms with Crippen LogP contribution in [0.1, 0.15) is 36.9 Å². The zero-order valence-corrected chi connectivity index (χ0v) is 12.8. The number of hydrogen-bond donors (Lipinski definition) is 1. The van der Waals surface area contributed by atoms with E-state index >= 15 is 0 Å². The Bertz CT molecular complexity index is 728. The van der Waals surface area contributed by atoms with Crippen LogP contribution < -0.4 is 14.9 Å². The van der Waals surface area contributed by atoms with Gasteiger partial charge >= 0.3 is 0 Å². The minimum absolute atomic E-state index is 0.0684. The molecule has 0 bridgehead atoms. The molecule has 23 heavy (non-hydrogen) atoms. The van der Waals surface area contributed by atoms with Crippen molar-refractivity contribution in [1.82, 2.24) is 10.3 Å². The Balaban J connectivity index is 1.61. The molecule has 1 unspecified atom stereocenters. The van der Waals surface area contributed by atoms with Crippen LogP contribution in [0.15, 0.2) is 17.2 Å². The highest BCUT2D eigenvalue weighted by molar-refractivity contribution is 6.39. The van der Waals surface area contributed by atoms with E-state index in [1.54, 1.807) is 4.90 Å². The van der Waals surface area contributed by atoms with E-state index in [0.29, 0.717) is 25.1 Å². The summed E-state index contributed by atoms with van der Waals surface area (Å²) in [6.45, 7) is 2.87. The third-order valence-electron chi connectivity index (χ3n) is 4.59. The Hall–Kier alpha value is -2.57. The van der Waals surface area contributed by atoms with Gasteiger partial charge < -0.3 is 14.4 Å². The second kappa shape index (κ2) is 5.26. The molecule has 4 rings (SSSR count). The highest BCUT2D eigenvalue weighted by Gasteiger charge is 2.33. The molecule has 2 amide bonds.